The summed E-state index contributed by atoms with van der Waals surface area (Å²) in [5.74, 6) is 0.778. The van der Waals surface area contributed by atoms with Crippen molar-refractivity contribution >= 4 is 27.5 Å². The zero-order chi connectivity index (χ0) is 15.1. The molecular weight excluding hydrogens is 330 g/mol. The number of likely N-dealkylation sites (N-methyl/N-ethyl adjacent to an activating group) is 1. The molecule has 0 unspecified atom stereocenters. The molecule has 1 saturated heterocycles. The highest BCUT2D eigenvalue weighted by Gasteiger charge is 2.17. The van der Waals surface area contributed by atoms with Gasteiger partial charge in [-0.25, -0.2) is 0 Å². The van der Waals surface area contributed by atoms with Crippen LogP contribution in [0.2, 0.25) is 0 Å². The highest BCUT2D eigenvalue weighted by molar-refractivity contribution is 9.10. The molecule has 1 amide bonds. The second-order valence-electron chi connectivity index (χ2n) is 5.58. The van der Waals surface area contributed by atoms with E-state index in [2.05, 4.69) is 38.4 Å². The number of halogens is 1. The van der Waals surface area contributed by atoms with Crippen LogP contribution >= 0.6 is 15.9 Å². The van der Waals surface area contributed by atoms with Gasteiger partial charge in [0.05, 0.1) is 6.54 Å². The van der Waals surface area contributed by atoms with E-state index in [0.29, 0.717) is 12.5 Å². The van der Waals surface area contributed by atoms with Gasteiger partial charge in [0.2, 0.25) is 5.91 Å². The molecule has 21 heavy (non-hydrogen) atoms. The van der Waals surface area contributed by atoms with Gasteiger partial charge in [-0.2, -0.15) is 0 Å². The number of hydrogen-bond donors (Lipinski definition) is 2. The van der Waals surface area contributed by atoms with Crippen LogP contribution in [-0.2, 0) is 4.79 Å². The zero-order valence-electron chi connectivity index (χ0n) is 12.6. The molecule has 0 bridgehead atoms. The van der Waals surface area contributed by atoms with Crippen molar-refractivity contribution in [2.45, 2.75) is 19.8 Å². The molecule has 1 aromatic rings. The second-order valence-corrected chi connectivity index (χ2v) is 6.49. The Morgan fingerprint density at radius 3 is 2.62 bits per heavy atom. The fourth-order valence-corrected chi connectivity index (χ4v) is 2.94. The molecule has 4 nitrogen and oxygen atoms in total. The molecule has 0 atom stereocenters. The highest BCUT2D eigenvalue weighted by atomic mass is 79.9. The number of benzene rings is 1. The van der Waals surface area contributed by atoms with E-state index in [0.717, 1.165) is 36.3 Å². The van der Waals surface area contributed by atoms with Gasteiger partial charge in [-0.15, -0.1) is 0 Å². The average molecular weight is 354 g/mol. The predicted octanol–water partition coefficient (Wildman–Crippen LogP) is 2.71. The molecule has 116 valence electrons. The lowest BCUT2D eigenvalue weighted by Crippen LogP contribution is -2.39. The molecule has 0 radical (unpaired) electrons. The number of carbonyl (C=O) groups excluding carboxylic acids is 1. The van der Waals surface area contributed by atoms with Gasteiger partial charge in [0.1, 0.15) is 0 Å². The number of hydrogen-bond acceptors (Lipinski definition) is 3. The van der Waals surface area contributed by atoms with E-state index in [1.165, 1.54) is 12.8 Å². The van der Waals surface area contributed by atoms with Crippen LogP contribution in [-0.4, -0.2) is 43.5 Å². The fourth-order valence-electron chi connectivity index (χ4n) is 2.67. The first-order valence-corrected chi connectivity index (χ1v) is 8.45. The third-order valence-electron chi connectivity index (χ3n) is 3.92. The molecular formula is C16H24BrN3O. The lowest BCUT2D eigenvalue weighted by molar-refractivity contribution is -0.117. The minimum Gasteiger partial charge on any atom is -0.325 e. The topological polar surface area (TPSA) is 44.4 Å². The molecule has 1 fully saturated rings. The maximum atomic E-state index is 12.1. The van der Waals surface area contributed by atoms with Crippen LogP contribution in [0.1, 0.15) is 19.8 Å². The van der Waals surface area contributed by atoms with E-state index in [1.54, 1.807) is 0 Å². The van der Waals surface area contributed by atoms with E-state index >= 15 is 0 Å². The minimum atomic E-state index is 0.0631. The standard InChI is InChI=1S/C16H24BrN3O/c1-2-20(11-13-7-9-18-10-8-13)12-16(21)19-15-5-3-14(17)4-6-15/h3-6,13,18H,2,7-12H2,1H3,(H,19,21). The third kappa shape index (κ3) is 5.77. The van der Waals surface area contributed by atoms with Crippen LogP contribution in [0.4, 0.5) is 5.69 Å². The van der Waals surface area contributed by atoms with E-state index in [9.17, 15) is 4.79 Å². The van der Waals surface area contributed by atoms with Gasteiger partial charge in [0.15, 0.2) is 0 Å². The number of nitrogens with zero attached hydrogens (tertiary/aromatic N) is 1. The Morgan fingerprint density at radius 1 is 1.33 bits per heavy atom. The van der Waals surface area contributed by atoms with Crippen LogP contribution < -0.4 is 10.6 Å². The number of anilines is 1. The second kappa shape index (κ2) is 8.51. The van der Waals surface area contributed by atoms with Crippen molar-refractivity contribution in [3.8, 4) is 0 Å². The summed E-state index contributed by atoms with van der Waals surface area (Å²) in [6, 6.07) is 7.68. The molecule has 0 spiro atoms. The number of piperidine rings is 1. The van der Waals surface area contributed by atoms with Gasteiger partial charge in [0, 0.05) is 16.7 Å². The molecule has 2 N–H and O–H groups in total. The normalized spacial score (nSPS) is 16.1. The summed E-state index contributed by atoms with van der Waals surface area (Å²) in [6.45, 7) is 6.73. The summed E-state index contributed by atoms with van der Waals surface area (Å²) in [6.07, 6.45) is 2.43. The van der Waals surface area contributed by atoms with Gasteiger partial charge >= 0.3 is 0 Å². The lowest BCUT2D eigenvalue weighted by atomic mass is 9.97. The SMILES string of the molecule is CCN(CC(=O)Nc1ccc(Br)cc1)CC1CCNCC1. The molecule has 1 aliphatic heterocycles. The Balaban J connectivity index is 1.79. The number of carbonyl (C=O) groups is 1. The maximum absolute atomic E-state index is 12.1. The summed E-state index contributed by atoms with van der Waals surface area (Å²) < 4.78 is 1.02. The molecule has 2 rings (SSSR count). The Bertz CT molecular complexity index is 443. The van der Waals surface area contributed by atoms with Crippen LogP contribution in [0.15, 0.2) is 28.7 Å². The lowest BCUT2D eigenvalue weighted by Gasteiger charge is -2.28. The van der Waals surface area contributed by atoms with Gasteiger partial charge in [-0.05, 0) is 62.7 Å². The monoisotopic (exact) mass is 353 g/mol. The zero-order valence-corrected chi connectivity index (χ0v) is 14.2. The Morgan fingerprint density at radius 2 is 2.00 bits per heavy atom. The van der Waals surface area contributed by atoms with Crippen LogP contribution in [0.5, 0.6) is 0 Å². The summed E-state index contributed by atoms with van der Waals surface area (Å²) in [4.78, 5) is 14.4. The summed E-state index contributed by atoms with van der Waals surface area (Å²) in [5, 5.41) is 6.34. The first kappa shape index (κ1) is 16.5. The quantitative estimate of drug-likeness (QED) is 0.826. The van der Waals surface area contributed by atoms with Crippen LogP contribution in [0.25, 0.3) is 0 Å². The van der Waals surface area contributed by atoms with Crippen molar-refractivity contribution in [2.75, 3.05) is 38.0 Å². The average Bonchev–Trinajstić information content (AvgIpc) is 2.50. The van der Waals surface area contributed by atoms with Crippen molar-refractivity contribution in [1.82, 2.24) is 10.2 Å². The van der Waals surface area contributed by atoms with Crippen molar-refractivity contribution in [3.05, 3.63) is 28.7 Å². The number of rotatable bonds is 6. The summed E-state index contributed by atoms with van der Waals surface area (Å²) >= 11 is 3.39. The van der Waals surface area contributed by atoms with Crippen molar-refractivity contribution in [2.24, 2.45) is 5.92 Å². The smallest absolute Gasteiger partial charge is 0.238 e. The maximum Gasteiger partial charge on any atom is 0.238 e. The molecule has 0 saturated carbocycles. The molecule has 1 aromatic carbocycles. The summed E-state index contributed by atoms with van der Waals surface area (Å²) in [5.41, 5.74) is 0.848. The first-order valence-electron chi connectivity index (χ1n) is 7.66. The van der Waals surface area contributed by atoms with Crippen LogP contribution in [0, 0.1) is 5.92 Å². The van der Waals surface area contributed by atoms with Gasteiger partial charge in [-0.3, -0.25) is 9.69 Å². The minimum absolute atomic E-state index is 0.0631. The first-order chi connectivity index (χ1) is 10.2. The largest absolute Gasteiger partial charge is 0.325 e. The number of nitrogens with one attached hydrogen (secondary N) is 2. The fraction of sp³-hybridized carbons (Fsp3) is 0.562. The van der Waals surface area contributed by atoms with E-state index in [1.807, 2.05) is 24.3 Å². The molecule has 1 aliphatic rings. The van der Waals surface area contributed by atoms with Crippen molar-refractivity contribution in [1.29, 1.82) is 0 Å². The molecule has 0 aromatic heterocycles. The van der Waals surface area contributed by atoms with Crippen molar-refractivity contribution < 1.29 is 4.79 Å². The highest BCUT2D eigenvalue weighted by Crippen LogP contribution is 2.15. The molecule has 5 heteroatoms. The van der Waals surface area contributed by atoms with Crippen molar-refractivity contribution in [3.63, 3.8) is 0 Å². The third-order valence-corrected chi connectivity index (χ3v) is 4.45. The van der Waals surface area contributed by atoms with Gasteiger partial charge in [0.25, 0.3) is 0 Å². The van der Waals surface area contributed by atoms with E-state index in [4.69, 9.17) is 0 Å². The predicted molar refractivity (Wildman–Crippen MR) is 90.5 cm³/mol. The Hall–Kier alpha value is -0.910. The van der Waals surface area contributed by atoms with Gasteiger partial charge in [-0.1, -0.05) is 22.9 Å². The van der Waals surface area contributed by atoms with Crippen LogP contribution in [0.3, 0.4) is 0 Å². The Kier molecular flexibility index (Phi) is 6.67. The molecule has 0 aliphatic carbocycles. The number of amides is 1. The van der Waals surface area contributed by atoms with E-state index < -0.39 is 0 Å². The van der Waals surface area contributed by atoms with E-state index in [-0.39, 0.29) is 5.91 Å². The van der Waals surface area contributed by atoms with Gasteiger partial charge < -0.3 is 10.6 Å². The Labute approximate surface area is 135 Å². The summed E-state index contributed by atoms with van der Waals surface area (Å²) in [7, 11) is 0. The molecule has 1 heterocycles.